The van der Waals surface area contributed by atoms with E-state index in [1.54, 1.807) is 6.20 Å². The Morgan fingerprint density at radius 3 is 2.68 bits per heavy atom. The van der Waals surface area contributed by atoms with Crippen LogP contribution in [0.4, 0.5) is 5.95 Å². The lowest BCUT2D eigenvalue weighted by Gasteiger charge is -2.07. The van der Waals surface area contributed by atoms with Crippen LogP contribution in [0.3, 0.4) is 0 Å². The van der Waals surface area contributed by atoms with Crippen LogP contribution in [0.15, 0.2) is 51.8 Å². The molecule has 5 rings (SSSR count). The summed E-state index contributed by atoms with van der Waals surface area (Å²) in [5, 5.41) is 10.4. The number of aromatic amines is 1. The molecule has 28 heavy (non-hydrogen) atoms. The third kappa shape index (κ3) is 2.70. The normalized spacial score (nSPS) is 11.5. The third-order valence-electron chi connectivity index (χ3n) is 4.64. The Morgan fingerprint density at radius 2 is 1.82 bits per heavy atom. The van der Waals surface area contributed by atoms with Crippen molar-refractivity contribution in [3.63, 3.8) is 0 Å². The highest BCUT2D eigenvalue weighted by Crippen LogP contribution is 2.38. The topological polar surface area (TPSA) is 98.3 Å². The molecule has 0 aliphatic rings. The largest absolute Gasteiger partial charge is 0.366 e. The SMILES string of the molecule is Cn1cc(-c2nc(N)nnc2-c2c[nH]c3ccc(Br)cc23)c2cc(Br)cnc21. The molecule has 0 spiro atoms. The molecule has 0 saturated carbocycles. The highest BCUT2D eigenvalue weighted by molar-refractivity contribution is 9.10. The maximum absolute atomic E-state index is 5.90. The number of benzene rings is 1. The number of nitrogens with one attached hydrogen (secondary N) is 1. The molecule has 7 nitrogen and oxygen atoms in total. The van der Waals surface area contributed by atoms with Crippen LogP contribution in [0.25, 0.3) is 44.5 Å². The fourth-order valence-corrected chi connectivity index (χ4v) is 4.11. The van der Waals surface area contributed by atoms with Crippen molar-refractivity contribution in [3.05, 3.63) is 51.8 Å². The predicted molar refractivity (Wildman–Crippen MR) is 117 cm³/mol. The summed E-state index contributed by atoms with van der Waals surface area (Å²) in [5.41, 5.74) is 10.9. The number of aromatic nitrogens is 6. The molecule has 4 heterocycles. The number of nitrogen functional groups attached to an aromatic ring is 1. The molecule has 9 heteroatoms. The maximum atomic E-state index is 5.90. The van der Waals surface area contributed by atoms with Crippen LogP contribution in [-0.4, -0.2) is 29.7 Å². The summed E-state index contributed by atoms with van der Waals surface area (Å²) in [4.78, 5) is 12.3. The number of hydrogen-bond donors (Lipinski definition) is 2. The van der Waals surface area contributed by atoms with E-state index in [9.17, 15) is 0 Å². The Labute approximate surface area is 176 Å². The number of anilines is 1. The Kier molecular flexibility index (Phi) is 3.95. The number of fused-ring (bicyclic) bond motifs is 2. The minimum absolute atomic E-state index is 0.125. The molecule has 0 unspecified atom stereocenters. The first kappa shape index (κ1) is 17.3. The molecule has 0 atom stereocenters. The Bertz CT molecular complexity index is 1370. The van der Waals surface area contributed by atoms with E-state index < -0.39 is 0 Å². The van der Waals surface area contributed by atoms with Gasteiger partial charge in [0.1, 0.15) is 17.0 Å². The van der Waals surface area contributed by atoms with Crippen molar-refractivity contribution in [2.45, 2.75) is 0 Å². The van der Waals surface area contributed by atoms with Crippen molar-refractivity contribution < 1.29 is 0 Å². The van der Waals surface area contributed by atoms with Gasteiger partial charge in [-0.25, -0.2) is 9.97 Å². The van der Waals surface area contributed by atoms with Crippen molar-refractivity contribution in [2.24, 2.45) is 7.05 Å². The van der Waals surface area contributed by atoms with E-state index in [0.717, 1.165) is 42.0 Å². The summed E-state index contributed by atoms with van der Waals surface area (Å²) in [5.74, 6) is 0.125. The number of pyridine rings is 1. The van der Waals surface area contributed by atoms with Crippen molar-refractivity contribution in [3.8, 4) is 22.5 Å². The lowest BCUT2D eigenvalue weighted by molar-refractivity contribution is 0.946. The van der Waals surface area contributed by atoms with E-state index in [-0.39, 0.29) is 5.95 Å². The number of hydrogen-bond acceptors (Lipinski definition) is 5. The van der Waals surface area contributed by atoms with Gasteiger partial charge >= 0.3 is 0 Å². The number of H-pyrrole nitrogens is 1. The smallest absolute Gasteiger partial charge is 0.240 e. The number of nitrogens with zero attached hydrogens (tertiary/aromatic N) is 5. The molecule has 0 aliphatic heterocycles. The molecule has 3 N–H and O–H groups in total. The summed E-state index contributed by atoms with van der Waals surface area (Å²) >= 11 is 7.05. The molecular weight excluding hydrogens is 486 g/mol. The molecular formula is C19H13Br2N7. The fraction of sp³-hybridized carbons (Fsp3) is 0.0526. The van der Waals surface area contributed by atoms with Gasteiger partial charge in [-0.3, -0.25) is 0 Å². The second-order valence-electron chi connectivity index (χ2n) is 6.44. The third-order valence-corrected chi connectivity index (χ3v) is 5.56. The fourth-order valence-electron chi connectivity index (χ4n) is 3.42. The zero-order valence-corrected chi connectivity index (χ0v) is 17.8. The van der Waals surface area contributed by atoms with Gasteiger partial charge < -0.3 is 15.3 Å². The van der Waals surface area contributed by atoms with Gasteiger partial charge in [0, 0.05) is 62.0 Å². The van der Waals surface area contributed by atoms with Crippen LogP contribution >= 0.6 is 31.9 Å². The van der Waals surface area contributed by atoms with Gasteiger partial charge in [0.15, 0.2) is 0 Å². The molecule has 138 valence electrons. The van der Waals surface area contributed by atoms with E-state index in [0.29, 0.717) is 11.4 Å². The number of aryl methyl sites for hydroxylation is 1. The molecule has 0 bridgehead atoms. The van der Waals surface area contributed by atoms with Crippen LogP contribution in [0, 0.1) is 0 Å². The summed E-state index contributed by atoms with van der Waals surface area (Å²) < 4.78 is 3.84. The zero-order valence-electron chi connectivity index (χ0n) is 14.6. The van der Waals surface area contributed by atoms with E-state index in [1.807, 2.05) is 48.3 Å². The van der Waals surface area contributed by atoms with E-state index in [1.165, 1.54) is 0 Å². The summed E-state index contributed by atoms with van der Waals surface area (Å²) in [6, 6.07) is 8.07. The molecule has 5 aromatic rings. The van der Waals surface area contributed by atoms with Gasteiger partial charge in [-0.2, -0.15) is 0 Å². The summed E-state index contributed by atoms with van der Waals surface area (Å²) in [6.07, 6.45) is 5.68. The number of nitrogens with two attached hydrogens (primary N) is 1. The molecule has 1 aromatic carbocycles. The lowest BCUT2D eigenvalue weighted by atomic mass is 10.0. The van der Waals surface area contributed by atoms with Gasteiger partial charge in [-0.05, 0) is 40.2 Å². The van der Waals surface area contributed by atoms with Crippen LogP contribution in [0.5, 0.6) is 0 Å². The van der Waals surface area contributed by atoms with Crippen molar-refractivity contribution in [1.82, 2.24) is 29.7 Å². The van der Waals surface area contributed by atoms with Crippen molar-refractivity contribution in [1.29, 1.82) is 0 Å². The van der Waals surface area contributed by atoms with Crippen LogP contribution in [0.2, 0.25) is 0 Å². The maximum Gasteiger partial charge on any atom is 0.240 e. The van der Waals surface area contributed by atoms with Gasteiger partial charge in [-0.1, -0.05) is 15.9 Å². The van der Waals surface area contributed by atoms with Crippen LogP contribution in [-0.2, 0) is 7.05 Å². The quantitative estimate of drug-likeness (QED) is 0.368. The molecule has 0 fully saturated rings. The second-order valence-corrected chi connectivity index (χ2v) is 8.27. The average molecular weight is 499 g/mol. The van der Waals surface area contributed by atoms with Crippen molar-refractivity contribution >= 4 is 59.7 Å². The molecule has 0 saturated heterocycles. The highest BCUT2D eigenvalue weighted by Gasteiger charge is 2.20. The molecule has 0 amide bonds. The Balaban J connectivity index is 1.84. The van der Waals surface area contributed by atoms with Crippen LogP contribution < -0.4 is 5.73 Å². The Morgan fingerprint density at radius 1 is 1.00 bits per heavy atom. The lowest BCUT2D eigenvalue weighted by Crippen LogP contribution is -2.02. The minimum Gasteiger partial charge on any atom is -0.366 e. The van der Waals surface area contributed by atoms with Crippen LogP contribution in [0.1, 0.15) is 0 Å². The molecule has 4 aromatic heterocycles. The first-order valence-corrected chi connectivity index (χ1v) is 9.98. The summed E-state index contributed by atoms with van der Waals surface area (Å²) in [7, 11) is 1.95. The minimum atomic E-state index is 0.125. The van der Waals surface area contributed by atoms with Crippen molar-refractivity contribution in [2.75, 3.05) is 5.73 Å². The average Bonchev–Trinajstić information content (AvgIpc) is 3.22. The number of rotatable bonds is 2. The first-order valence-electron chi connectivity index (χ1n) is 8.39. The van der Waals surface area contributed by atoms with E-state index >= 15 is 0 Å². The zero-order chi connectivity index (χ0) is 19.4. The standard InChI is InChI=1S/C19H13Br2N7/c1-28-8-14(12-5-10(21)6-24-18(12)28)16-17(26-27-19(22)25-16)13-7-23-15-3-2-9(20)4-11(13)15/h2-8,23H,1H3,(H2,22,25,27). The monoisotopic (exact) mass is 497 g/mol. The van der Waals surface area contributed by atoms with Gasteiger partial charge in [0.05, 0.1) is 0 Å². The molecule has 0 radical (unpaired) electrons. The Hall–Kier alpha value is -2.78. The molecule has 0 aliphatic carbocycles. The predicted octanol–water partition coefficient (Wildman–Crippen LogP) is 4.68. The number of halogens is 2. The van der Waals surface area contributed by atoms with Gasteiger partial charge in [-0.15, -0.1) is 10.2 Å². The summed E-state index contributed by atoms with van der Waals surface area (Å²) in [6.45, 7) is 0. The second kappa shape index (κ2) is 6.39. The van der Waals surface area contributed by atoms with Gasteiger partial charge in [0.2, 0.25) is 5.95 Å². The highest BCUT2D eigenvalue weighted by atomic mass is 79.9. The van der Waals surface area contributed by atoms with E-state index in [2.05, 4.69) is 57.0 Å². The first-order chi connectivity index (χ1) is 13.5. The van der Waals surface area contributed by atoms with E-state index in [4.69, 9.17) is 5.73 Å². The van der Waals surface area contributed by atoms with Gasteiger partial charge in [0.25, 0.3) is 0 Å².